The molecule has 0 spiro atoms. The van der Waals surface area contributed by atoms with Gasteiger partial charge in [0.05, 0.1) is 10.5 Å². The van der Waals surface area contributed by atoms with Crippen LogP contribution in [0.2, 0.25) is 5.02 Å². The van der Waals surface area contributed by atoms with E-state index in [4.69, 9.17) is 23.8 Å². The van der Waals surface area contributed by atoms with Gasteiger partial charge in [-0.3, -0.25) is 4.57 Å². The summed E-state index contributed by atoms with van der Waals surface area (Å²) in [5.74, 6) is 0. The van der Waals surface area contributed by atoms with Crippen LogP contribution >= 0.6 is 23.8 Å². The van der Waals surface area contributed by atoms with Gasteiger partial charge in [0.2, 0.25) is 0 Å². The first kappa shape index (κ1) is 9.43. The molecule has 0 saturated heterocycles. The second-order valence-electron chi connectivity index (χ2n) is 2.85. The average Bonchev–Trinajstić information content (AvgIpc) is 2.43. The van der Waals surface area contributed by atoms with E-state index in [1.807, 2.05) is 4.57 Å². The standard InChI is InChI=1S/C9H8ClN3S/c1-2-3-13-8-7(12-9(13)14)4-6(10)5-11-8/h2,4-5H,1,3H2,(H,12,14). The molecule has 14 heavy (non-hydrogen) atoms. The van der Waals surface area contributed by atoms with E-state index < -0.39 is 0 Å². The molecule has 0 aliphatic heterocycles. The summed E-state index contributed by atoms with van der Waals surface area (Å²) in [5.41, 5.74) is 1.66. The molecule has 3 nitrogen and oxygen atoms in total. The zero-order valence-corrected chi connectivity index (χ0v) is 8.90. The lowest BCUT2D eigenvalue weighted by Crippen LogP contribution is -1.95. The van der Waals surface area contributed by atoms with Gasteiger partial charge in [0, 0.05) is 12.7 Å². The number of rotatable bonds is 2. The number of imidazole rings is 1. The number of fused-ring (bicyclic) bond motifs is 1. The normalized spacial score (nSPS) is 10.6. The number of pyridine rings is 1. The second-order valence-corrected chi connectivity index (χ2v) is 3.68. The molecule has 0 atom stereocenters. The number of aromatic amines is 1. The minimum atomic E-state index is 0.597. The molecule has 2 aromatic heterocycles. The van der Waals surface area contributed by atoms with Gasteiger partial charge in [0.15, 0.2) is 10.4 Å². The molecule has 0 radical (unpaired) electrons. The highest BCUT2D eigenvalue weighted by Gasteiger charge is 2.04. The molecular formula is C9H8ClN3S. The van der Waals surface area contributed by atoms with Crippen molar-refractivity contribution in [3.63, 3.8) is 0 Å². The monoisotopic (exact) mass is 225 g/mol. The molecule has 0 amide bonds. The van der Waals surface area contributed by atoms with E-state index in [-0.39, 0.29) is 0 Å². The van der Waals surface area contributed by atoms with E-state index >= 15 is 0 Å². The fraction of sp³-hybridized carbons (Fsp3) is 0.111. The van der Waals surface area contributed by atoms with Crippen LogP contribution in [0.25, 0.3) is 11.2 Å². The Morgan fingerprint density at radius 1 is 1.71 bits per heavy atom. The predicted octanol–water partition coefficient (Wildman–Crippen LogP) is 2.93. The first-order valence-electron chi connectivity index (χ1n) is 4.07. The van der Waals surface area contributed by atoms with Crippen LogP contribution in [0.3, 0.4) is 0 Å². The van der Waals surface area contributed by atoms with Crippen LogP contribution in [-0.2, 0) is 6.54 Å². The summed E-state index contributed by atoms with van der Waals surface area (Å²) in [5, 5.41) is 0.597. The summed E-state index contributed by atoms with van der Waals surface area (Å²) in [4.78, 5) is 7.24. The average molecular weight is 226 g/mol. The molecule has 0 aromatic carbocycles. The molecule has 2 heterocycles. The highest BCUT2D eigenvalue weighted by molar-refractivity contribution is 7.71. The summed E-state index contributed by atoms with van der Waals surface area (Å²) in [6.07, 6.45) is 3.38. The molecular weight excluding hydrogens is 218 g/mol. The van der Waals surface area contributed by atoms with Gasteiger partial charge in [-0.2, -0.15) is 0 Å². The van der Waals surface area contributed by atoms with Crippen molar-refractivity contribution < 1.29 is 0 Å². The molecule has 1 N–H and O–H groups in total. The molecule has 0 fully saturated rings. The van der Waals surface area contributed by atoms with E-state index in [1.54, 1.807) is 18.3 Å². The Kier molecular flexibility index (Phi) is 2.39. The first-order valence-corrected chi connectivity index (χ1v) is 4.86. The Balaban J connectivity index is 2.76. The van der Waals surface area contributed by atoms with Crippen LogP contribution in [0, 0.1) is 4.77 Å². The fourth-order valence-corrected chi connectivity index (χ4v) is 1.75. The molecule has 0 aliphatic rings. The van der Waals surface area contributed by atoms with Crippen molar-refractivity contribution in [2.45, 2.75) is 6.54 Å². The zero-order valence-electron chi connectivity index (χ0n) is 7.33. The third-order valence-corrected chi connectivity index (χ3v) is 2.42. The molecule has 0 bridgehead atoms. The van der Waals surface area contributed by atoms with E-state index in [0.717, 1.165) is 11.2 Å². The molecule has 2 rings (SSSR count). The van der Waals surface area contributed by atoms with Gasteiger partial charge in [-0.25, -0.2) is 4.98 Å². The largest absolute Gasteiger partial charge is 0.329 e. The van der Waals surface area contributed by atoms with Crippen molar-refractivity contribution in [2.24, 2.45) is 0 Å². The van der Waals surface area contributed by atoms with Gasteiger partial charge in [-0.15, -0.1) is 6.58 Å². The summed E-state index contributed by atoms with van der Waals surface area (Å²) >= 11 is 10.9. The van der Waals surface area contributed by atoms with Gasteiger partial charge < -0.3 is 4.98 Å². The summed E-state index contributed by atoms with van der Waals surface area (Å²) in [6, 6.07) is 1.80. The quantitative estimate of drug-likeness (QED) is 0.630. The third-order valence-electron chi connectivity index (χ3n) is 1.89. The molecule has 0 unspecified atom stereocenters. The number of aromatic nitrogens is 3. The highest BCUT2D eigenvalue weighted by Crippen LogP contribution is 2.16. The molecule has 72 valence electrons. The number of hydrogen-bond donors (Lipinski definition) is 1. The molecule has 0 aliphatic carbocycles. The third kappa shape index (κ3) is 1.47. The van der Waals surface area contributed by atoms with Crippen molar-refractivity contribution in [2.75, 3.05) is 0 Å². The molecule has 2 aromatic rings. The number of H-pyrrole nitrogens is 1. The van der Waals surface area contributed by atoms with Gasteiger partial charge in [-0.05, 0) is 18.3 Å². The maximum Gasteiger partial charge on any atom is 0.179 e. The van der Waals surface area contributed by atoms with Crippen molar-refractivity contribution in [1.82, 2.24) is 14.5 Å². The Bertz CT molecular complexity index is 540. The van der Waals surface area contributed by atoms with Gasteiger partial charge in [-0.1, -0.05) is 17.7 Å². The van der Waals surface area contributed by atoms with Crippen LogP contribution in [0.15, 0.2) is 24.9 Å². The van der Waals surface area contributed by atoms with Crippen molar-refractivity contribution >= 4 is 35.0 Å². The summed E-state index contributed by atoms with van der Waals surface area (Å²) < 4.78 is 2.50. The minimum Gasteiger partial charge on any atom is -0.329 e. The maximum absolute atomic E-state index is 5.81. The van der Waals surface area contributed by atoms with Crippen LogP contribution in [0.1, 0.15) is 0 Å². The van der Waals surface area contributed by atoms with E-state index in [0.29, 0.717) is 16.3 Å². The Hall–Kier alpha value is -1.13. The maximum atomic E-state index is 5.81. The van der Waals surface area contributed by atoms with Crippen molar-refractivity contribution in [1.29, 1.82) is 0 Å². The van der Waals surface area contributed by atoms with Gasteiger partial charge in [0.1, 0.15) is 0 Å². The fourth-order valence-electron chi connectivity index (χ4n) is 1.32. The number of halogens is 1. The van der Waals surface area contributed by atoms with Gasteiger partial charge in [0.25, 0.3) is 0 Å². The predicted molar refractivity (Wildman–Crippen MR) is 60.1 cm³/mol. The van der Waals surface area contributed by atoms with E-state index in [1.165, 1.54) is 0 Å². The van der Waals surface area contributed by atoms with Crippen molar-refractivity contribution in [3.05, 3.63) is 34.7 Å². The Morgan fingerprint density at radius 2 is 2.50 bits per heavy atom. The van der Waals surface area contributed by atoms with Gasteiger partial charge >= 0.3 is 0 Å². The molecule has 0 saturated carbocycles. The first-order chi connectivity index (χ1) is 6.72. The van der Waals surface area contributed by atoms with Crippen LogP contribution < -0.4 is 0 Å². The van der Waals surface area contributed by atoms with Crippen molar-refractivity contribution in [3.8, 4) is 0 Å². The smallest absolute Gasteiger partial charge is 0.179 e. The molecule has 5 heteroatoms. The van der Waals surface area contributed by atoms with Crippen LogP contribution in [0.5, 0.6) is 0 Å². The lowest BCUT2D eigenvalue weighted by atomic mass is 10.4. The summed E-state index contributed by atoms with van der Waals surface area (Å²) in [7, 11) is 0. The lowest BCUT2D eigenvalue weighted by molar-refractivity contribution is 0.825. The lowest BCUT2D eigenvalue weighted by Gasteiger charge is -1.97. The Labute approximate surface area is 91.0 Å². The zero-order chi connectivity index (χ0) is 10.1. The number of hydrogen-bond acceptors (Lipinski definition) is 2. The Morgan fingerprint density at radius 3 is 3.21 bits per heavy atom. The number of allylic oxidation sites excluding steroid dienone is 1. The topological polar surface area (TPSA) is 33.6 Å². The van der Waals surface area contributed by atoms with Crippen LogP contribution in [-0.4, -0.2) is 14.5 Å². The van der Waals surface area contributed by atoms with E-state index in [2.05, 4.69) is 16.5 Å². The number of nitrogens with one attached hydrogen (secondary N) is 1. The number of nitrogens with zero attached hydrogens (tertiary/aromatic N) is 2. The SMILES string of the molecule is C=CCn1c(=S)[nH]c2cc(Cl)cnc21. The van der Waals surface area contributed by atoms with E-state index in [9.17, 15) is 0 Å². The van der Waals surface area contributed by atoms with Crippen LogP contribution in [0.4, 0.5) is 0 Å². The highest BCUT2D eigenvalue weighted by atomic mass is 35.5. The minimum absolute atomic E-state index is 0.597. The second kappa shape index (κ2) is 3.55. The summed E-state index contributed by atoms with van der Waals surface area (Å²) in [6.45, 7) is 4.31.